The Hall–Kier alpha value is -2.73. The Morgan fingerprint density at radius 2 is 2.15 bits per heavy atom. The molecule has 0 saturated carbocycles. The Balaban J connectivity index is 1.43. The van der Waals surface area contributed by atoms with Gasteiger partial charge < -0.3 is 9.88 Å². The molecule has 3 aromatic rings. The number of hydrogen-bond acceptors (Lipinski definition) is 4. The molecular formula is C20H23N5O. The highest BCUT2D eigenvalue weighted by atomic mass is 16.1. The zero-order chi connectivity index (χ0) is 17.9. The van der Waals surface area contributed by atoms with Gasteiger partial charge >= 0.3 is 0 Å². The van der Waals surface area contributed by atoms with Gasteiger partial charge in [0.2, 0.25) is 5.91 Å². The van der Waals surface area contributed by atoms with Crippen LogP contribution in [0.3, 0.4) is 0 Å². The second-order valence-corrected chi connectivity index (χ2v) is 6.88. The van der Waals surface area contributed by atoms with Crippen LogP contribution in [0.2, 0.25) is 0 Å². The zero-order valence-corrected chi connectivity index (χ0v) is 14.9. The Morgan fingerprint density at radius 3 is 2.96 bits per heavy atom. The summed E-state index contributed by atoms with van der Waals surface area (Å²) in [4.78, 5) is 23.7. The van der Waals surface area contributed by atoms with Crippen molar-refractivity contribution in [3.63, 3.8) is 0 Å². The molecule has 0 unspecified atom stereocenters. The van der Waals surface area contributed by atoms with Crippen molar-refractivity contribution in [3.05, 3.63) is 54.6 Å². The van der Waals surface area contributed by atoms with E-state index in [0.29, 0.717) is 0 Å². The van der Waals surface area contributed by atoms with Gasteiger partial charge in [-0.1, -0.05) is 12.1 Å². The van der Waals surface area contributed by atoms with E-state index >= 15 is 0 Å². The first-order chi connectivity index (χ1) is 12.7. The summed E-state index contributed by atoms with van der Waals surface area (Å²) in [6.07, 6.45) is 5.33. The SMILES string of the molecule is Cn1c(CN2CCC[C@H](C(=O)Nc3cccnc3)C2)nc2ccccc21. The molecule has 2 aromatic heterocycles. The number of nitrogens with zero attached hydrogens (tertiary/aromatic N) is 4. The second kappa shape index (κ2) is 7.25. The van der Waals surface area contributed by atoms with Gasteiger partial charge in [0.15, 0.2) is 0 Å². The first kappa shape index (κ1) is 16.7. The van der Waals surface area contributed by atoms with Crippen molar-refractivity contribution in [2.24, 2.45) is 13.0 Å². The quantitative estimate of drug-likeness (QED) is 0.787. The van der Waals surface area contributed by atoms with E-state index in [1.807, 2.05) is 30.3 Å². The summed E-state index contributed by atoms with van der Waals surface area (Å²) in [5, 5.41) is 2.98. The fourth-order valence-electron chi connectivity index (χ4n) is 3.63. The zero-order valence-electron chi connectivity index (χ0n) is 14.9. The highest BCUT2D eigenvalue weighted by Crippen LogP contribution is 2.21. The van der Waals surface area contributed by atoms with Crippen molar-refractivity contribution in [3.8, 4) is 0 Å². The molecule has 1 atom stereocenters. The maximum atomic E-state index is 12.6. The molecular weight excluding hydrogens is 326 g/mol. The molecule has 0 radical (unpaired) electrons. The van der Waals surface area contributed by atoms with E-state index in [2.05, 4.69) is 32.9 Å². The number of nitrogens with one attached hydrogen (secondary N) is 1. The number of fused-ring (bicyclic) bond motifs is 1. The van der Waals surface area contributed by atoms with Crippen LogP contribution in [-0.2, 0) is 18.4 Å². The minimum atomic E-state index is -0.00126. The molecule has 26 heavy (non-hydrogen) atoms. The van der Waals surface area contributed by atoms with Crippen molar-refractivity contribution in [2.75, 3.05) is 18.4 Å². The second-order valence-electron chi connectivity index (χ2n) is 6.88. The number of rotatable bonds is 4. The number of para-hydroxylation sites is 2. The van der Waals surface area contributed by atoms with Crippen LogP contribution in [0.25, 0.3) is 11.0 Å². The maximum absolute atomic E-state index is 12.6. The third-order valence-corrected chi connectivity index (χ3v) is 5.05. The fourth-order valence-corrected chi connectivity index (χ4v) is 3.63. The molecule has 1 saturated heterocycles. The molecule has 0 aliphatic carbocycles. The van der Waals surface area contributed by atoms with E-state index in [-0.39, 0.29) is 11.8 Å². The lowest BCUT2D eigenvalue weighted by Gasteiger charge is -2.31. The summed E-state index contributed by atoms with van der Waals surface area (Å²) in [6.45, 7) is 2.52. The summed E-state index contributed by atoms with van der Waals surface area (Å²) in [6, 6.07) is 11.9. The van der Waals surface area contributed by atoms with Crippen molar-refractivity contribution in [2.45, 2.75) is 19.4 Å². The molecule has 6 nitrogen and oxygen atoms in total. The molecule has 1 fully saturated rings. The number of pyridine rings is 1. The van der Waals surface area contributed by atoms with Crippen molar-refractivity contribution in [1.29, 1.82) is 0 Å². The fraction of sp³-hybridized carbons (Fsp3) is 0.350. The van der Waals surface area contributed by atoms with Crippen molar-refractivity contribution in [1.82, 2.24) is 19.4 Å². The third kappa shape index (κ3) is 3.46. The summed E-state index contributed by atoms with van der Waals surface area (Å²) >= 11 is 0. The van der Waals surface area contributed by atoms with Gasteiger partial charge in [-0.3, -0.25) is 14.7 Å². The molecule has 1 amide bonds. The number of carbonyl (C=O) groups excluding carboxylic acids is 1. The lowest BCUT2D eigenvalue weighted by atomic mass is 9.97. The molecule has 4 rings (SSSR count). The summed E-state index contributed by atoms with van der Waals surface area (Å²) in [5.74, 6) is 1.12. The number of benzene rings is 1. The number of carbonyl (C=O) groups is 1. The summed E-state index contributed by atoms with van der Waals surface area (Å²) in [7, 11) is 2.06. The smallest absolute Gasteiger partial charge is 0.228 e. The maximum Gasteiger partial charge on any atom is 0.228 e. The Morgan fingerprint density at radius 1 is 1.27 bits per heavy atom. The van der Waals surface area contributed by atoms with Crippen LogP contribution in [0, 0.1) is 5.92 Å². The van der Waals surface area contributed by atoms with Gasteiger partial charge in [0.05, 0.1) is 35.4 Å². The predicted octanol–water partition coefficient (Wildman–Crippen LogP) is 2.82. The Labute approximate surface area is 152 Å². The average molecular weight is 349 g/mol. The first-order valence-corrected chi connectivity index (χ1v) is 9.04. The van der Waals surface area contributed by atoms with Gasteiger partial charge in [-0.15, -0.1) is 0 Å². The Kier molecular flexibility index (Phi) is 4.67. The summed E-state index contributed by atoms with van der Waals surface area (Å²) in [5.41, 5.74) is 2.92. The van der Waals surface area contributed by atoms with E-state index in [1.165, 1.54) is 0 Å². The van der Waals surface area contributed by atoms with Crippen LogP contribution >= 0.6 is 0 Å². The number of anilines is 1. The topological polar surface area (TPSA) is 63.1 Å². The first-order valence-electron chi connectivity index (χ1n) is 9.04. The minimum Gasteiger partial charge on any atom is -0.330 e. The highest BCUT2D eigenvalue weighted by Gasteiger charge is 2.26. The van der Waals surface area contributed by atoms with Gasteiger partial charge in [-0.2, -0.15) is 0 Å². The molecule has 0 bridgehead atoms. The predicted molar refractivity (Wildman–Crippen MR) is 102 cm³/mol. The number of amides is 1. The van der Waals surface area contributed by atoms with Gasteiger partial charge in [0.25, 0.3) is 0 Å². The molecule has 3 heterocycles. The van der Waals surface area contributed by atoms with Crippen molar-refractivity contribution >= 4 is 22.6 Å². The largest absolute Gasteiger partial charge is 0.330 e. The van der Waals surface area contributed by atoms with E-state index in [9.17, 15) is 4.79 Å². The van der Waals surface area contributed by atoms with Crippen LogP contribution in [0.15, 0.2) is 48.8 Å². The number of aryl methyl sites for hydroxylation is 1. The lowest BCUT2D eigenvalue weighted by Crippen LogP contribution is -2.40. The Bertz CT molecular complexity index is 905. The molecule has 0 spiro atoms. The monoisotopic (exact) mass is 349 g/mol. The molecule has 6 heteroatoms. The van der Waals surface area contributed by atoms with Crippen LogP contribution in [0.1, 0.15) is 18.7 Å². The van der Waals surface area contributed by atoms with E-state index < -0.39 is 0 Å². The van der Waals surface area contributed by atoms with Crippen LogP contribution in [0.4, 0.5) is 5.69 Å². The van der Waals surface area contributed by atoms with Crippen LogP contribution in [-0.4, -0.2) is 38.4 Å². The lowest BCUT2D eigenvalue weighted by molar-refractivity contribution is -0.121. The summed E-state index contributed by atoms with van der Waals surface area (Å²) < 4.78 is 2.15. The minimum absolute atomic E-state index is 0.00126. The van der Waals surface area contributed by atoms with Crippen molar-refractivity contribution < 1.29 is 4.79 Å². The standard InChI is InChI=1S/C20H23N5O/c1-24-18-9-3-2-8-17(18)23-19(24)14-25-11-5-6-15(13-25)20(26)22-16-7-4-10-21-12-16/h2-4,7-10,12,15H,5-6,11,13-14H2,1H3,(H,22,26)/t15-/m0/s1. The van der Waals surface area contributed by atoms with Crippen LogP contribution in [0.5, 0.6) is 0 Å². The molecule has 1 N–H and O–H groups in total. The van der Waals surface area contributed by atoms with E-state index in [4.69, 9.17) is 4.98 Å². The molecule has 134 valence electrons. The molecule has 1 aliphatic rings. The molecule has 1 aliphatic heterocycles. The number of likely N-dealkylation sites (tertiary alicyclic amines) is 1. The number of imidazole rings is 1. The van der Waals surface area contributed by atoms with E-state index in [0.717, 1.165) is 55.0 Å². The number of hydrogen-bond donors (Lipinski definition) is 1. The van der Waals surface area contributed by atoms with Crippen LogP contribution < -0.4 is 5.32 Å². The highest BCUT2D eigenvalue weighted by molar-refractivity contribution is 5.92. The van der Waals surface area contributed by atoms with Gasteiger partial charge in [0.1, 0.15) is 5.82 Å². The molecule has 1 aromatic carbocycles. The number of piperidine rings is 1. The van der Waals surface area contributed by atoms with Gasteiger partial charge in [-0.05, 0) is 43.7 Å². The number of aromatic nitrogens is 3. The van der Waals surface area contributed by atoms with Gasteiger partial charge in [0, 0.05) is 19.8 Å². The third-order valence-electron chi connectivity index (χ3n) is 5.05. The normalized spacial score (nSPS) is 18.1. The van der Waals surface area contributed by atoms with E-state index in [1.54, 1.807) is 12.4 Å². The average Bonchev–Trinajstić information content (AvgIpc) is 2.99. The van der Waals surface area contributed by atoms with Gasteiger partial charge in [-0.25, -0.2) is 4.98 Å².